The average Bonchev–Trinajstić information content (AvgIpc) is 2.68. The number of aromatic hydroxyl groups is 3. The van der Waals surface area contributed by atoms with E-state index < -0.39 is 40.8 Å². The second-order valence-corrected chi connectivity index (χ2v) is 7.65. The Morgan fingerprint density at radius 1 is 0.935 bits per heavy atom. The highest BCUT2D eigenvalue weighted by Gasteiger charge is 2.17. The van der Waals surface area contributed by atoms with Crippen LogP contribution in [0.4, 0.5) is 10.5 Å². The Bertz CT molecular complexity index is 943. The minimum absolute atomic E-state index is 0.0193. The van der Waals surface area contributed by atoms with Gasteiger partial charge in [-0.05, 0) is 50.6 Å². The van der Waals surface area contributed by atoms with Crippen molar-refractivity contribution >= 4 is 23.6 Å². The van der Waals surface area contributed by atoms with Crippen LogP contribution < -0.4 is 16.0 Å². The van der Waals surface area contributed by atoms with Crippen LogP contribution in [0.3, 0.4) is 0 Å². The number of ether oxygens (including phenoxy) is 1. The van der Waals surface area contributed by atoms with Gasteiger partial charge in [0.2, 0.25) is 5.91 Å². The molecule has 10 nitrogen and oxygen atoms in total. The molecule has 0 saturated heterocycles. The number of anilines is 1. The summed E-state index contributed by atoms with van der Waals surface area (Å²) in [6.07, 6.45) is -0.691. The summed E-state index contributed by atoms with van der Waals surface area (Å²) in [5.74, 6) is -2.90. The van der Waals surface area contributed by atoms with Crippen LogP contribution in [0.1, 0.15) is 36.7 Å². The van der Waals surface area contributed by atoms with E-state index in [1.165, 1.54) is 0 Å². The molecule has 0 fully saturated rings. The van der Waals surface area contributed by atoms with Gasteiger partial charge in [-0.25, -0.2) is 4.79 Å². The molecule has 2 rings (SSSR count). The SMILES string of the molecule is CC(C)(C)OC(=O)NCC(=O)Nc1ccc(CNC(=O)c2cc(O)c(O)c(O)c2)cc1. The molecule has 0 saturated carbocycles. The molecule has 0 aliphatic rings. The van der Waals surface area contributed by atoms with Gasteiger partial charge in [0.1, 0.15) is 12.1 Å². The second kappa shape index (κ2) is 9.70. The van der Waals surface area contributed by atoms with Crippen LogP contribution in [-0.4, -0.2) is 45.4 Å². The highest BCUT2D eigenvalue weighted by atomic mass is 16.6. The zero-order valence-corrected chi connectivity index (χ0v) is 17.4. The summed E-state index contributed by atoms with van der Waals surface area (Å²) >= 11 is 0. The first-order valence-corrected chi connectivity index (χ1v) is 9.33. The van der Waals surface area contributed by atoms with E-state index >= 15 is 0 Å². The molecular weight excluding hydrogens is 406 g/mol. The lowest BCUT2D eigenvalue weighted by molar-refractivity contribution is -0.115. The molecule has 0 bridgehead atoms. The fraction of sp³-hybridized carbons (Fsp3) is 0.286. The van der Waals surface area contributed by atoms with E-state index in [0.29, 0.717) is 5.69 Å². The van der Waals surface area contributed by atoms with Gasteiger partial charge in [0, 0.05) is 17.8 Å². The van der Waals surface area contributed by atoms with E-state index in [4.69, 9.17) is 4.74 Å². The van der Waals surface area contributed by atoms with E-state index in [9.17, 15) is 29.7 Å². The van der Waals surface area contributed by atoms with E-state index in [0.717, 1.165) is 17.7 Å². The van der Waals surface area contributed by atoms with Crippen LogP contribution in [0.25, 0.3) is 0 Å². The van der Waals surface area contributed by atoms with Gasteiger partial charge in [0.25, 0.3) is 5.91 Å². The van der Waals surface area contributed by atoms with Crippen molar-refractivity contribution in [1.82, 2.24) is 10.6 Å². The van der Waals surface area contributed by atoms with Crippen molar-refractivity contribution in [2.45, 2.75) is 32.9 Å². The van der Waals surface area contributed by atoms with Gasteiger partial charge in [-0.15, -0.1) is 0 Å². The Morgan fingerprint density at radius 2 is 1.52 bits per heavy atom. The Hall–Kier alpha value is -3.95. The number of amides is 3. The molecule has 2 aromatic carbocycles. The molecule has 3 amide bonds. The maximum atomic E-state index is 12.1. The van der Waals surface area contributed by atoms with E-state index in [-0.39, 0.29) is 18.7 Å². The molecule has 0 aliphatic carbocycles. The van der Waals surface area contributed by atoms with Gasteiger partial charge in [-0.2, -0.15) is 0 Å². The molecule has 10 heteroatoms. The lowest BCUT2D eigenvalue weighted by atomic mass is 10.1. The Morgan fingerprint density at radius 3 is 2.06 bits per heavy atom. The van der Waals surface area contributed by atoms with Crippen LogP contribution in [0.5, 0.6) is 17.2 Å². The summed E-state index contributed by atoms with van der Waals surface area (Å²) in [6, 6.07) is 8.70. The number of carbonyl (C=O) groups is 3. The first-order valence-electron chi connectivity index (χ1n) is 9.33. The summed E-state index contributed by atoms with van der Waals surface area (Å²) in [6.45, 7) is 5.05. The molecule has 6 N–H and O–H groups in total. The maximum Gasteiger partial charge on any atom is 0.408 e. The maximum absolute atomic E-state index is 12.1. The van der Waals surface area contributed by atoms with Crippen molar-refractivity contribution in [3.8, 4) is 17.2 Å². The first kappa shape index (κ1) is 23.3. The molecular formula is C21H25N3O7. The number of rotatable bonds is 6. The fourth-order valence-electron chi connectivity index (χ4n) is 2.40. The minimum atomic E-state index is -0.699. The van der Waals surface area contributed by atoms with Crippen LogP contribution in [0, 0.1) is 0 Å². The molecule has 0 radical (unpaired) electrons. The van der Waals surface area contributed by atoms with Gasteiger partial charge in [0.15, 0.2) is 17.2 Å². The summed E-state index contributed by atoms with van der Waals surface area (Å²) in [7, 11) is 0. The number of phenols is 3. The number of hydrogen-bond donors (Lipinski definition) is 6. The van der Waals surface area contributed by atoms with Crippen molar-refractivity contribution < 1.29 is 34.4 Å². The standard InChI is InChI=1S/C21H25N3O7/c1-21(2,3)31-20(30)23-11-17(27)24-14-6-4-12(5-7-14)10-22-19(29)13-8-15(25)18(28)16(26)9-13/h4-9,25-26,28H,10-11H2,1-3H3,(H,22,29)(H,23,30)(H,24,27). The summed E-state index contributed by atoms with van der Waals surface area (Å²) in [4.78, 5) is 35.6. The largest absolute Gasteiger partial charge is 0.504 e. The number of hydrogen-bond acceptors (Lipinski definition) is 7. The zero-order chi connectivity index (χ0) is 23.2. The summed E-state index contributed by atoms with van der Waals surface area (Å²) < 4.78 is 5.05. The molecule has 0 spiro atoms. The van der Waals surface area contributed by atoms with Crippen LogP contribution in [-0.2, 0) is 16.1 Å². The van der Waals surface area contributed by atoms with Crippen LogP contribution in [0.15, 0.2) is 36.4 Å². The van der Waals surface area contributed by atoms with Crippen molar-refractivity contribution in [3.63, 3.8) is 0 Å². The first-order chi connectivity index (χ1) is 14.4. The smallest absolute Gasteiger partial charge is 0.408 e. The molecule has 0 heterocycles. The number of benzene rings is 2. The monoisotopic (exact) mass is 431 g/mol. The summed E-state index contributed by atoms with van der Waals surface area (Å²) in [5.41, 5.74) is 0.550. The predicted octanol–water partition coefficient (Wildman–Crippen LogP) is 2.20. The topological polar surface area (TPSA) is 157 Å². The van der Waals surface area contributed by atoms with Crippen LogP contribution in [0.2, 0.25) is 0 Å². The zero-order valence-electron chi connectivity index (χ0n) is 17.4. The van der Waals surface area contributed by atoms with E-state index in [1.54, 1.807) is 45.0 Å². The van der Waals surface area contributed by atoms with Crippen LogP contribution >= 0.6 is 0 Å². The van der Waals surface area contributed by atoms with Gasteiger partial charge >= 0.3 is 6.09 Å². The van der Waals surface area contributed by atoms with Crippen molar-refractivity contribution in [2.75, 3.05) is 11.9 Å². The van der Waals surface area contributed by atoms with E-state index in [2.05, 4.69) is 16.0 Å². The highest BCUT2D eigenvalue weighted by molar-refractivity contribution is 5.95. The molecule has 31 heavy (non-hydrogen) atoms. The van der Waals surface area contributed by atoms with E-state index in [1.807, 2.05) is 0 Å². The van der Waals surface area contributed by atoms with Gasteiger partial charge in [-0.1, -0.05) is 12.1 Å². The molecule has 0 atom stereocenters. The molecule has 0 aliphatic heterocycles. The third kappa shape index (κ3) is 7.42. The normalized spacial score (nSPS) is 10.8. The average molecular weight is 431 g/mol. The Kier molecular flexibility index (Phi) is 7.30. The molecule has 2 aromatic rings. The lowest BCUT2D eigenvalue weighted by Crippen LogP contribution is -2.37. The Labute approximate surface area is 178 Å². The third-order valence-electron chi connectivity index (χ3n) is 3.81. The Balaban J connectivity index is 1.83. The third-order valence-corrected chi connectivity index (χ3v) is 3.81. The summed E-state index contributed by atoms with van der Waals surface area (Å²) in [5, 5.41) is 35.9. The molecule has 166 valence electrons. The van der Waals surface area contributed by atoms with Gasteiger partial charge in [0.05, 0.1) is 0 Å². The quantitative estimate of drug-likeness (QED) is 0.383. The van der Waals surface area contributed by atoms with Gasteiger partial charge < -0.3 is 36.0 Å². The second-order valence-electron chi connectivity index (χ2n) is 7.65. The predicted molar refractivity (Wildman–Crippen MR) is 112 cm³/mol. The van der Waals surface area contributed by atoms with Gasteiger partial charge in [-0.3, -0.25) is 9.59 Å². The van der Waals surface area contributed by atoms with Crippen molar-refractivity contribution in [1.29, 1.82) is 0 Å². The lowest BCUT2D eigenvalue weighted by Gasteiger charge is -2.19. The molecule has 0 unspecified atom stereocenters. The number of nitrogens with one attached hydrogen (secondary N) is 3. The minimum Gasteiger partial charge on any atom is -0.504 e. The number of alkyl carbamates (subject to hydrolysis) is 1. The van der Waals surface area contributed by atoms with Crippen molar-refractivity contribution in [3.05, 3.63) is 47.5 Å². The fourth-order valence-corrected chi connectivity index (χ4v) is 2.40. The highest BCUT2D eigenvalue weighted by Crippen LogP contribution is 2.35. The molecule has 0 aromatic heterocycles. The number of phenolic OH excluding ortho intramolecular Hbond substituents is 3. The number of carbonyl (C=O) groups excluding carboxylic acids is 3. The van der Waals surface area contributed by atoms with Crippen molar-refractivity contribution in [2.24, 2.45) is 0 Å².